The van der Waals surface area contributed by atoms with Crippen molar-refractivity contribution in [2.45, 2.75) is 51.0 Å². The molecule has 0 radical (unpaired) electrons. The molecule has 1 aliphatic carbocycles. The summed E-state index contributed by atoms with van der Waals surface area (Å²) in [6.45, 7) is 2.47. The topological polar surface area (TPSA) is 89.9 Å². The summed E-state index contributed by atoms with van der Waals surface area (Å²) in [7, 11) is 0. The summed E-state index contributed by atoms with van der Waals surface area (Å²) < 4.78 is 0. The van der Waals surface area contributed by atoms with E-state index < -0.39 is 12.1 Å². The second-order valence-electron chi connectivity index (χ2n) is 8.00. The van der Waals surface area contributed by atoms with Gasteiger partial charge in [0.2, 0.25) is 5.91 Å². The zero-order chi connectivity index (χ0) is 21.5. The molecule has 0 saturated heterocycles. The molecule has 1 aliphatic rings. The van der Waals surface area contributed by atoms with Gasteiger partial charge in [0.25, 0.3) is 0 Å². The van der Waals surface area contributed by atoms with Crippen LogP contribution in [-0.2, 0) is 17.6 Å². The van der Waals surface area contributed by atoms with Crippen LogP contribution >= 0.6 is 0 Å². The molecule has 1 unspecified atom stereocenters. The molecule has 6 heteroatoms. The summed E-state index contributed by atoms with van der Waals surface area (Å²) in [6.07, 6.45) is 3.83. The molecular formula is C24H30N2O4. The molecule has 0 aliphatic heterocycles. The van der Waals surface area contributed by atoms with Gasteiger partial charge >= 0.3 is 5.97 Å². The molecule has 0 heterocycles. The molecule has 0 aromatic heterocycles. The quantitative estimate of drug-likeness (QED) is 0.495. The summed E-state index contributed by atoms with van der Waals surface area (Å²) in [4.78, 5) is 22.8. The Hall–Kier alpha value is -2.70. The van der Waals surface area contributed by atoms with Crippen LogP contribution in [0.5, 0.6) is 0 Å². The van der Waals surface area contributed by atoms with E-state index in [-0.39, 0.29) is 11.5 Å². The number of carbonyl (C=O) groups is 2. The predicted molar refractivity (Wildman–Crippen MR) is 115 cm³/mol. The number of nitrogens with one attached hydrogen (secondary N) is 1. The summed E-state index contributed by atoms with van der Waals surface area (Å²) in [5.41, 5.74) is 6.84. The van der Waals surface area contributed by atoms with Crippen molar-refractivity contribution in [3.8, 4) is 0 Å². The Kier molecular flexibility index (Phi) is 7.60. The number of aliphatic hydroxyl groups excluding tert-OH is 1. The van der Waals surface area contributed by atoms with Gasteiger partial charge in [0, 0.05) is 20.0 Å². The van der Waals surface area contributed by atoms with Crippen molar-refractivity contribution >= 4 is 11.9 Å². The maximum atomic E-state index is 11.9. The third-order valence-corrected chi connectivity index (χ3v) is 5.46. The van der Waals surface area contributed by atoms with E-state index in [0.717, 1.165) is 11.1 Å². The van der Waals surface area contributed by atoms with Crippen LogP contribution in [0.15, 0.2) is 48.5 Å². The monoisotopic (exact) mass is 410 g/mol. The number of benzene rings is 2. The number of carboxylic acids is 1. The number of hydrazine groups is 1. The summed E-state index contributed by atoms with van der Waals surface area (Å²) in [5, 5.41) is 20.9. The number of carbonyl (C=O) groups excluding carboxylic acids is 1. The maximum absolute atomic E-state index is 11.9. The van der Waals surface area contributed by atoms with Crippen molar-refractivity contribution in [2.24, 2.45) is 0 Å². The lowest BCUT2D eigenvalue weighted by molar-refractivity contribution is -0.132. The smallest absolute Gasteiger partial charge is 0.335 e. The van der Waals surface area contributed by atoms with Gasteiger partial charge in [-0.25, -0.2) is 10.2 Å². The summed E-state index contributed by atoms with van der Waals surface area (Å²) >= 11 is 0. The van der Waals surface area contributed by atoms with Crippen molar-refractivity contribution in [3.05, 3.63) is 70.8 Å². The molecular weight excluding hydrogens is 380 g/mol. The van der Waals surface area contributed by atoms with Crippen molar-refractivity contribution in [3.63, 3.8) is 0 Å². The lowest BCUT2D eigenvalue weighted by atomic mass is 10.0. The maximum Gasteiger partial charge on any atom is 0.335 e. The van der Waals surface area contributed by atoms with Crippen molar-refractivity contribution in [1.29, 1.82) is 0 Å². The van der Waals surface area contributed by atoms with E-state index in [9.17, 15) is 14.7 Å². The Balaban J connectivity index is 1.42. The first-order valence-corrected chi connectivity index (χ1v) is 10.5. The molecule has 0 spiro atoms. The minimum absolute atomic E-state index is 0.0937. The molecule has 0 bridgehead atoms. The van der Waals surface area contributed by atoms with Crippen molar-refractivity contribution in [1.82, 2.24) is 10.4 Å². The third kappa shape index (κ3) is 6.68. The van der Waals surface area contributed by atoms with Gasteiger partial charge in [0.05, 0.1) is 11.7 Å². The number of aliphatic hydroxyl groups is 1. The molecule has 3 N–H and O–H groups in total. The van der Waals surface area contributed by atoms with Gasteiger partial charge in [-0.3, -0.25) is 9.80 Å². The SMILES string of the molecule is CC(=O)N(CCc1ccc(C(=O)O)cc1)NCCC(O)Cc1cccc(C2CC2)c1. The largest absolute Gasteiger partial charge is 0.478 e. The number of hydrogen-bond acceptors (Lipinski definition) is 4. The van der Waals surface area contributed by atoms with Gasteiger partial charge in [-0.15, -0.1) is 0 Å². The lowest BCUT2D eigenvalue weighted by Crippen LogP contribution is -2.44. The highest BCUT2D eigenvalue weighted by Gasteiger charge is 2.23. The van der Waals surface area contributed by atoms with Crippen LogP contribution in [0.4, 0.5) is 0 Å². The van der Waals surface area contributed by atoms with Gasteiger partial charge in [0.15, 0.2) is 0 Å². The molecule has 1 atom stereocenters. The third-order valence-electron chi connectivity index (χ3n) is 5.46. The first-order chi connectivity index (χ1) is 14.4. The summed E-state index contributed by atoms with van der Waals surface area (Å²) in [6, 6.07) is 15.1. The summed E-state index contributed by atoms with van der Waals surface area (Å²) in [5.74, 6) is -0.344. The average molecular weight is 411 g/mol. The number of amides is 1. The van der Waals surface area contributed by atoms with E-state index >= 15 is 0 Å². The van der Waals surface area contributed by atoms with Crippen LogP contribution in [0.2, 0.25) is 0 Å². The van der Waals surface area contributed by atoms with E-state index in [1.807, 2.05) is 0 Å². The van der Waals surface area contributed by atoms with Gasteiger partial charge in [-0.05, 0) is 66.8 Å². The van der Waals surface area contributed by atoms with Gasteiger partial charge in [0.1, 0.15) is 0 Å². The molecule has 2 aromatic carbocycles. The van der Waals surface area contributed by atoms with E-state index in [1.165, 1.54) is 25.3 Å². The molecule has 2 aromatic rings. The van der Waals surface area contributed by atoms with Crippen LogP contribution in [-0.4, -0.2) is 46.3 Å². The molecule has 6 nitrogen and oxygen atoms in total. The van der Waals surface area contributed by atoms with Crippen molar-refractivity contribution in [2.75, 3.05) is 13.1 Å². The Morgan fingerprint density at radius 2 is 1.87 bits per heavy atom. The van der Waals surface area contributed by atoms with Crippen LogP contribution in [0, 0.1) is 0 Å². The fourth-order valence-corrected chi connectivity index (χ4v) is 3.53. The highest BCUT2D eigenvalue weighted by Crippen LogP contribution is 2.40. The van der Waals surface area contributed by atoms with Gasteiger partial charge in [-0.1, -0.05) is 36.4 Å². The van der Waals surface area contributed by atoms with Crippen LogP contribution in [0.25, 0.3) is 0 Å². The molecule has 160 valence electrons. The Labute approximate surface area is 177 Å². The number of carboxylic acid groups (broad SMARTS) is 1. The normalized spacial score (nSPS) is 14.3. The van der Waals surface area contributed by atoms with E-state index in [1.54, 1.807) is 29.3 Å². The highest BCUT2D eigenvalue weighted by molar-refractivity contribution is 5.87. The van der Waals surface area contributed by atoms with E-state index in [2.05, 4.69) is 29.7 Å². The number of aromatic carboxylic acids is 1. The van der Waals surface area contributed by atoms with Crippen LogP contribution < -0.4 is 5.43 Å². The van der Waals surface area contributed by atoms with Gasteiger partial charge < -0.3 is 10.2 Å². The second-order valence-corrected chi connectivity index (χ2v) is 8.00. The standard InChI is InChI=1S/C24H30N2O4/c1-17(27)26(14-12-18-5-7-21(8-6-18)24(29)30)25-13-11-23(28)16-19-3-2-4-22(15-19)20-9-10-20/h2-8,15,20,23,25,28H,9-14,16H2,1H3,(H,29,30). The fraction of sp³-hybridized carbons (Fsp3) is 0.417. The number of hydrogen-bond donors (Lipinski definition) is 3. The second kappa shape index (κ2) is 10.4. The fourth-order valence-electron chi connectivity index (χ4n) is 3.53. The molecule has 1 saturated carbocycles. The van der Waals surface area contributed by atoms with Crippen molar-refractivity contribution < 1.29 is 19.8 Å². The minimum atomic E-state index is -0.952. The molecule has 1 fully saturated rings. The number of nitrogens with zero attached hydrogens (tertiary/aromatic N) is 1. The van der Waals surface area contributed by atoms with Crippen LogP contribution in [0.1, 0.15) is 59.2 Å². The predicted octanol–water partition coefficient (Wildman–Crippen LogP) is 3.15. The van der Waals surface area contributed by atoms with E-state index in [4.69, 9.17) is 5.11 Å². The average Bonchev–Trinajstić information content (AvgIpc) is 3.56. The molecule has 3 rings (SSSR count). The zero-order valence-corrected chi connectivity index (χ0v) is 17.4. The van der Waals surface area contributed by atoms with E-state index in [0.29, 0.717) is 38.3 Å². The number of rotatable bonds is 11. The minimum Gasteiger partial charge on any atom is -0.478 e. The molecule has 1 amide bonds. The Morgan fingerprint density at radius 1 is 1.13 bits per heavy atom. The first kappa shape index (κ1) is 22.0. The van der Waals surface area contributed by atoms with Gasteiger partial charge in [-0.2, -0.15) is 0 Å². The Morgan fingerprint density at radius 3 is 2.50 bits per heavy atom. The molecule has 30 heavy (non-hydrogen) atoms. The van der Waals surface area contributed by atoms with Crippen LogP contribution in [0.3, 0.4) is 0 Å². The Bertz CT molecular complexity index is 862. The lowest BCUT2D eigenvalue weighted by Gasteiger charge is -2.23. The first-order valence-electron chi connectivity index (χ1n) is 10.5. The zero-order valence-electron chi connectivity index (χ0n) is 17.4. The highest BCUT2D eigenvalue weighted by atomic mass is 16.4.